The van der Waals surface area contributed by atoms with E-state index in [0.717, 1.165) is 11.4 Å². The molecule has 0 saturated heterocycles. The highest BCUT2D eigenvalue weighted by Crippen LogP contribution is 2.38. The predicted octanol–water partition coefficient (Wildman–Crippen LogP) is 2.70. The molecule has 0 fully saturated rings. The average Bonchev–Trinajstić information content (AvgIpc) is 2.79. The lowest BCUT2D eigenvalue weighted by Gasteiger charge is -2.20. The molecule has 1 aliphatic rings. The summed E-state index contributed by atoms with van der Waals surface area (Å²) < 4.78 is 10.9. The van der Waals surface area contributed by atoms with Gasteiger partial charge >= 0.3 is 0 Å². The fraction of sp³-hybridized carbons (Fsp3) is 0.286. The van der Waals surface area contributed by atoms with Crippen LogP contribution in [0.3, 0.4) is 0 Å². The van der Waals surface area contributed by atoms with Crippen molar-refractivity contribution in [2.24, 2.45) is 0 Å². The van der Waals surface area contributed by atoms with Crippen LogP contribution in [-0.4, -0.2) is 29.3 Å². The molecule has 21 heavy (non-hydrogen) atoms. The summed E-state index contributed by atoms with van der Waals surface area (Å²) in [5, 5.41) is 10.0. The highest BCUT2D eigenvalue weighted by Gasteiger charge is 2.20. The minimum absolute atomic E-state index is 0.276. The lowest BCUT2D eigenvalue weighted by Crippen LogP contribution is -2.18. The van der Waals surface area contributed by atoms with E-state index in [4.69, 9.17) is 21.1 Å². The summed E-state index contributed by atoms with van der Waals surface area (Å²) in [5.41, 5.74) is 2.60. The van der Waals surface area contributed by atoms with E-state index in [1.165, 1.54) is 0 Å². The Labute approximate surface area is 126 Å². The van der Waals surface area contributed by atoms with Crippen LogP contribution in [0.25, 0.3) is 0 Å². The Balaban J connectivity index is 1.90. The van der Waals surface area contributed by atoms with Gasteiger partial charge in [0.05, 0.1) is 22.1 Å². The first-order valence-electron chi connectivity index (χ1n) is 6.48. The van der Waals surface area contributed by atoms with Crippen molar-refractivity contribution in [2.45, 2.75) is 13.8 Å². The minimum atomic E-state index is -0.276. The van der Waals surface area contributed by atoms with E-state index < -0.39 is 0 Å². The fourth-order valence-electron chi connectivity index (χ4n) is 2.16. The Kier molecular flexibility index (Phi) is 3.47. The number of anilines is 1. The van der Waals surface area contributed by atoms with E-state index in [0.29, 0.717) is 41.0 Å². The molecule has 0 saturated carbocycles. The molecule has 6 nitrogen and oxygen atoms in total. The standard InChI is InChI=1S/C14H14ClN3O3/c1-7-12(8(2)18-17-7)16-14(19)9-5-10(15)13-11(6-9)20-3-4-21-13/h5-6H,3-4H2,1-2H3,(H,16,19)(H,17,18). The van der Waals surface area contributed by atoms with Crippen LogP contribution in [0, 0.1) is 13.8 Å². The number of hydrogen-bond donors (Lipinski definition) is 2. The zero-order valence-corrected chi connectivity index (χ0v) is 12.4. The number of nitrogens with zero attached hydrogens (tertiary/aromatic N) is 1. The normalized spacial score (nSPS) is 13.1. The molecule has 0 unspecified atom stereocenters. The van der Waals surface area contributed by atoms with Crippen molar-refractivity contribution < 1.29 is 14.3 Å². The van der Waals surface area contributed by atoms with Crippen molar-refractivity contribution in [3.8, 4) is 11.5 Å². The van der Waals surface area contributed by atoms with Gasteiger partial charge in [-0.05, 0) is 26.0 Å². The maximum atomic E-state index is 12.3. The molecule has 0 aliphatic carbocycles. The monoisotopic (exact) mass is 307 g/mol. The van der Waals surface area contributed by atoms with E-state index in [-0.39, 0.29) is 5.91 Å². The molecule has 2 heterocycles. The van der Waals surface area contributed by atoms with Crippen molar-refractivity contribution >= 4 is 23.2 Å². The molecule has 0 spiro atoms. The molecule has 1 aromatic carbocycles. The number of rotatable bonds is 2. The number of ether oxygens (including phenoxy) is 2. The number of aromatic amines is 1. The molecule has 1 aromatic heterocycles. The van der Waals surface area contributed by atoms with Crippen LogP contribution in [0.4, 0.5) is 5.69 Å². The van der Waals surface area contributed by atoms with Crippen LogP contribution in [0.5, 0.6) is 11.5 Å². The van der Waals surface area contributed by atoms with Gasteiger partial charge in [-0.1, -0.05) is 11.6 Å². The number of carbonyl (C=O) groups excluding carboxylic acids is 1. The van der Waals surface area contributed by atoms with Gasteiger partial charge < -0.3 is 14.8 Å². The second kappa shape index (κ2) is 5.29. The maximum absolute atomic E-state index is 12.3. The topological polar surface area (TPSA) is 76.2 Å². The summed E-state index contributed by atoms with van der Waals surface area (Å²) in [6, 6.07) is 3.19. The van der Waals surface area contributed by atoms with E-state index in [2.05, 4.69) is 15.5 Å². The largest absolute Gasteiger partial charge is 0.486 e. The number of carbonyl (C=O) groups is 1. The van der Waals surface area contributed by atoms with Crippen molar-refractivity contribution in [2.75, 3.05) is 18.5 Å². The molecule has 0 radical (unpaired) electrons. The number of hydrogen-bond acceptors (Lipinski definition) is 4. The second-order valence-corrected chi connectivity index (χ2v) is 5.15. The summed E-state index contributed by atoms with van der Waals surface area (Å²) >= 11 is 6.13. The molecule has 2 N–H and O–H groups in total. The van der Waals surface area contributed by atoms with Gasteiger partial charge in [0, 0.05) is 5.56 Å². The van der Waals surface area contributed by atoms with Crippen LogP contribution >= 0.6 is 11.6 Å². The van der Waals surface area contributed by atoms with Gasteiger partial charge in [-0.15, -0.1) is 0 Å². The van der Waals surface area contributed by atoms with Gasteiger partial charge in [-0.25, -0.2) is 0 Å². The third-order valence-corrected chi connectivity index (χ3v) is 3.51. The van der Waals surface area contributed by atoms with Crippen LogP contribution in [0.15, 0.2) is 12.1 Å². The predicted molar refractivity (Wildman–Crippen MR) is 78.5 cm³/mol. The first-order valence-corrected chi connectivity index (χ1v) is 6.86. The highest BCUT2D eigenvalue weighted by atomic mass is 35.5. The van der Waals surface area contributed by atoms with Gasteiger partial charge in [0.15, 0.2) is 11.5 Å². The molecule has 2 aromatic rings. The van der Waals surface area contributed by atoms with E-state index in [1.54, 1.807) is 12.1 Å². The average molecular weight is 308 g/mol. The summed E-state index contributed by atoms with van der Waals surface area (Å²) in [4.78, 5) is 12.3. The second-order valence-electron chi connectivity index (χ2n) is 4.75. The van der Waals surface area contributed by atoms with E-state index >= 15 is 0 Å². The van der Waals surface area contributed by atoms with Crippen LogP contribution in [0.2, 0.25) is 5.02 Å². The zero-order chi connectivity index (χ0) is 15.0. The molecule has 1 amide bonds. The third-order valence-electron chi connectivity index (χ3n) is 3.23. The van der Waals surface area contributed by atoms with Crippen molar-refractivity contribution in [1.82, 2.24) is 10.2 Å². The van der Waals surface area contributed by atoms with Gasteiger partial charge in [-0.2, -0.15) is 5.10 Å². The molecule has 110 valence electrons. The summed E-state index contributed by atoms with van der Waals surface area (Å²) in [6.07, 6.45) is 0. The number of amides is 1. The lowest BCUT2D eigenvalue weighted by molar-refractivity contribution is 0.102. The van der Waals surface area contributed by atoms with Crippen molar-refractivity contribution in [3.63, 3.8) is 0 Å². The smallest absolute Gasteiger partial charge is 0.255 e. The van der Waals surface area contributed by atoms with Gasteiger partial charge in [-0.3, -0.25) is 9.89 Å². The van der Waals surface area contributed by atoms with Crippen molar-refractivity contribution in [3.05, 3.63) is 34.1 Å². The van der Waals surface area contributed by atoms with Crippen molar-refractivity contribution in [1.29, 1.82) is 0 Å². The number of aromatic nitrogens is 2. The summed E-state index contributed by atoms with van der Waals surface area (Å²) in [5.74, 6) is 0.691. The third kappa shape index (κ3) is 2.54. The maximum Gasteiger partial charge on any atom is 0.255 e. The number of benzene rings is 1. The molecule has 3 rings (SSSR count). The summed E-state index contributed by atoms with van der Waals surface area (Å²) in [6.45, 7) is 4.54. The first kappa shape index (κ1) is 13.8. The quantitative estimate of drug-likeness (QED) is 0.894. The SMILES string of the molecule is Cc1n[nH]c(C)c1NC(=O)c1cc(Cl)c2c(c1)OCCO2. The number of aryl methyl sites for hydroxylation is 2. The molecule has 0 atom stereocenters. The van der Waals surface area contributed by atoms with E-state index in [1.807, 2.05) is 13.8 Å². The Hall–Kier alpha value is -2.21. The number of H-pyrrole nitrogens is 1. The molecule has 7 heteroatoms. The minimum Gasteiger partial charge on any atom is -0.486 e. The van der Waals surface area contributed by atoms with Crippen LogP contribution in [0.1, 0.15) is 21.7 Å². The molecular formula is C14H14ClN3O3. The van der Waals surface area contributed by atoms with Gasteiger partial charge in [0.25, 0.3) is 5.91 Å². The van der Waals surface area contributed by atoms with Gasteiger partial charge in [0.1, 0.15) is 13.2 Å². The number of halogens is 1. The molecule has 0 bridgehead atoms. The summed E-state index contributed by atoms with van der Waals surface area (Å²) in [7, 11) is 0. The Morgan fingerprint density at radius 2 is 2.10 bits per heavy atom. The highest BCUT2D eigenvalue weighted by molar-refractivity contribution is 6.32. The van der Waals surface area contributed by atoms with E-state index in [9.17, 15) is 4.79 Å². The Morgan fingerprint density at radius 1 is 1.33 bits per heavy atom. The first-order chi connectivity index (χ1) is 10.1. The Morgan fingerprint density at radius 3 is 2.81 bits per heavy atom. The fourth-order valence-corrected chi connectivity index (χ4v) is 2.43. The Bertz CT molecular complexity index is 692. The van der Waals surface area contributed by atoms with Crippen LogP contribution < -0.4 is 14.8 Å². The zero-order valence-electron chi connectivity index (χ0n) is 11.6. The lowest BCUT2D eigenvalue weighted by atomic mass is 10.1. The molecular weight excluding hydrogens is 294 g/mol. The van der Waals surface area contributed by atoms with Crippen LogP contribution in [-0.2, 0) is 0 Å². The number of fused-ring (bicyclic) bond motifs is 1. The molecule has 1 aliphatic heterocycles. The van der Waals surface area contributed by atoms with Gasteiger partial charge in [0.2, 0.25) is 0 Å². The number of nitrogens with one attached hydrogen (secondary N) is 2.